The van der Waals surface area contributed by atoms with Crippen LogP contribution in [0.2, 0.25) is 10.0 Å². The molecule has 0 fully saturated rings. The van der Waals surface area contributed by atoms with Crippen molar-refractivity contribution in [2.24, 2.45) is 0 Å². The van der Waals surface area contributed by atoms with Gasteiger partial charge in [0.1, 0.15) is 5.82 Å². The van der Waals surface area contributed by atoms with E-state index in [0.717, 1.165) is 22.4 Å². The summed E-state index contributed by atoms with van der Waals surface area (Å²) in [5.74, 6) is 0.841. The predicted octanol–water partition coefficient (Wildman–Crippen LogP) is 4.07. The Kier molecular flexibility index (Phi) is 5.07. The van der Waals surface area contributed by atoms with E-state index in [4.69, 9.17) is 28.2 Å². The Balaban J connectivity index is 1.99. The second-order valence-corrected chi connectivity index (χ2v) is 6.35. The summed E-state index contributed by atoms with van der Waals surface area (Å²) in [5, 5.41) is 4.07. The minimum atomic E-state index is -0.0493. The molecule has 6 heteroatoms. The number of hydrogen-bond donors (Lipinski definition) is 1. The van der Waals surface area contributed by atoms with Gasteiger partial charge in [-0.1, -0.05) is 41.4 Å². The lowest BCUT2D eigenvalue weighted by Crippen LogP contribution is -2.23. The maximum Gasteiger partial charge on any atom is 0.216 e. The molecule has 4 nitrogen and oxygen atoms in total. The molecule has 124 valence electrons. The van der Waals surface area contributed by atoms with Crippen LogP contribution in [0.15, 0.2) is 42.5 Å². The second kappa shape index (κ2) is 7.24. The zero-order valence-electron chi connectivity index (χ0n) is 13.2. The molecule has 3 aromatic rings. The Bertz CT molecular complexity index is 869. The van der Waals surface area contributed by atoms with Gasteiger partial charge in [-0.3, -0.25) is 4.79 Å². The highest BCUT2D eigenvalue weighted by Gasteiger charge is 2.14. The number of benzene rings is 2. The van der Waals surface area contributed by atoms with Gasteiger partial charge in [-0.25, -0.2) is 4.98 Å². The standard InChI is InChI=1S/C18H17Cl2N3O/c1-12(24)21-10-9-18-22-16-7-2-3-8-17(16)23(18)11-13-14(19)5-4-6-15(13)20/h2-8H,9-11H2,1H3,(H,21,24). The highest BCUT2D eigenvalue weighted by atomic mass is 35.5. The van der Waals surface area contributed by atoms with Gasteiger partial charge in [0.15, 0.2) is 0 Å². The first-order chi connectivity index (χ1) is 11.6. The normalized spacial score (nSPS) is 11.0. The van der Waals surface area contributed by atoms with Gasteiger partial charge < -0.3 is 9.88 Å². The molecule has 0 radical (unpaired) electrons. The summed E-state index contributed by atoms with van der Waals surface area (Å²) in [6.45, 7) is 2.58. The molecule has 1 amide bonds. The number of nitrogens with one attached hydrogen (secondary N) is 1. The third-order valence-electron chi connectivity index (χ3n) is 3.83. The number of carbonyl (C=O) groups is 1. The van der Waals surface area contributed by atoms with E-state index in [9.17, 15) is 4.79 Å². The van der Waals surface area contributed by atoms with Crippen LogP contribution in [0.25, 0.3) is 11.0 Å². The van der Waals surface area contributed by atoms with Crippen molar-refractivity contribution in [2.45, 2.75) is 19.9 Å². The molecule has 0 aliphatic carbocycles. The molecule has 0 saturated heterocycles. The Morgan fingerprint density at radius 2 is 1.83 bits per heavy atom. The summed E-state index contributed by atoms with van der Waals surface area (Å²) < 4.78 is 2.10. The summed E-state index contributed by atoms with van der Waals surface area (Å²) in [5.41, 5.74) is 2.80. The molecule has 0 aliphatic heterocycles. The zero-order valence-corrected chi connectivity index (χ0v) is 14.7. The third-order valence-corrected chi connectivity index (χ3v) is 4.54. The fourth-order valence-corrected chi connectivity index (χ4v) is 3.20. The number of nitrogens with zero attached hydrogens (tertiary/aromatic N) is 2. The summed E-state index contributed by atoms with van der Waals surface area (Å²) >= 11 is 12.6. The molecule has 24 heavy (non-hydrogen) atoms. The van der Waals surface area contributed by atoms with Crippen LogP contribution in [-0.2, 0) is 17.8 Å². The Morgan fingerprint density at radius 1 is 1.12 bits per heavy atom. The number of amides is 1. The lowest BCUT2D eigenvalue weighted by molar-refractivity contribution is -0.118. The molecule has 0 spiro atoms. The fraction of sp³-hybridized carbons (Fsp3) is 0.222. The highest BCUT2D eigenvalue weighted by molar-refractivity contribution is 6.36. The molecule has 1 N–H and O–H groups in total. The average molecular weight is 362 g/mol. The van der Waals surface area contributed by atoms with E-state index in [2.05, 4.69) is 9.88 Å². The molecule has 0 unspecified atom stereocenters. The van der Waals surface area contributed by atoms with Gasteiger partial charge in [0.05, 0.1) is 17.6 Å². The molecular formula is C18H17Cl2N3O. The van der Waals surface area contributed by atoms with Gasteiger partial charge in [0, 0.05) is 35.5 Å². The fourth-order valence-electron chi connectivity index (χ4n) is 2.68. The molecule has 3 rings (SSSR count). The average Bonchev–Trinajstić information content (AvgIpc) is 2.88. The second-order valence-electron chi connectivity index (χ2n) is 5.54. The first-order valence-electron chi connectivity index (χ1n) is 7.67. The number of fused-ring (bicyclic) bond motifs is 1. The molecule has 0 bridgehead atoms. The number of hydrogen-bond acceptors (Lipinski definition) is 2. The number of carbonyl (C=O) groups excluding carboxylic acids is 1. The van der Waals surface area contributed by atoms with Gasteiger partial charge >= 0.3 is 0 Å². The zero-order chi connectivity index (χ0) is 17.1. The van der Waals surface area contributed by atoms with Crippen molar-refractivity contribution in [1.82, 2.24) is 14.9 Å². The molecule has 2 aromatic carbocycles. The van der Waals surface area contributed by atoms with Gasteiger partial charge in [0.25, 0.3) is 0 Å². The summed E-state index contributed by atoms with van der Waals surface area (Å²) in [4.78, 5) is 15.8. The van der Waals surface area contributed by atoms with E-state index in [1.54, 1.807) is 0 Å². The van der Waals surface area contributed by atoms with Crippen LogP contribution in [0.5, 0.6) is 0 Å². The van der Waals surface area contributed by atoms with Crippen LogP contribution in [0, 0.1) is 0 Å². The summed E-state index contributed by atoms with van der Waals surface area (Å²) in [6, 6.07) is 13.4. The van der Waals surface area contributed by atoms with Crippen LogP contribution >= 0.6 is 23.2 Å². The monoisotopic (exact) mass is 361 g/mol. The van der Waals surface area contributed by atoms with Crippen molar-refractivity contribution in [3.05, 3.63) is 63.9 Å². The lowest BCUT2D eigenvalue weighted by Gasteiger charge is -2.12. The largest absolute Gasteiger partial charge is 0.356 e. The first-order valence-corrected chi connectivity index (χ1v) is 8.43. The molecule has 1 heterocycles. The Hall–Kier alpha value is -2.04. The van der Waals surface area contributed by atoms with E-state index < -0.39 is 0 Å². The minimum Gasteiger partial charge on any atom is -0.356 e. The topological polar surface area (TPSA) is 46.9 Å². The quantitative estimate of drug-likeness (QED) is 0.744. The number of aromatic nitrogens is 2. The Morgan fingerprint density at radius 3 is 2.54 bits per heavy atom. The van der Waals surface area contributed by atoms with E-state index in [1.807, 2.05) is 42.5 Å². The van der Waals surface area contributed by atoms with Crippen molar-refractivity contribution in [2.75, 3.05) is 6.54 Å². The molecule has 0 saturated carbocycles. The van der Waals surface area contributed by atoms with Crippen molar-refractivity contribution >= 4 is 40.1 Å². The number of para-hydroxylation sites is 2. The molecule has 0 aliphatic rings. The van der Waals surface area contributed by atoms with Crippen LogP contribution in [0.3, 0.4) is 0 Å². The van der Waals surface area contributed by atoms with E-state index in [0.29, 0.717) is 29.6 Å². The predicted molar refractivity (Wildman–Crippen MR) is 97.7 cm³/mol. The lowest BCUT2D eigenvalue weighted by atomic mass is 10.2. The maximum absolute atomic E-state index is 11.1. The molecule has 1 aromatic heterocycles. The number of rotatable bonds is 5. The van der Waals surface area contributed by atoms with Crippen LogP contribution < -0.4 is 5.32 Å². The van der Waals surface area contributed by atoms with Gasteiger partial charge in [-0.2, -0.15) is 0 Å². The molecular weight excluding hydrogens is 345 g/mol. The van der Waals surface area contributed by atoms with Gasteiger partial charge in [-0.05, 0) is 24.3 Å². The SMILES string of the molecule is CC(=O)NCCc1nc2ccccc2n1Cc1c(Cl)cccc1Cl. The number of halogens is 2. The smallest absolute Gasteiger partial charge is 0.216 e. The van der Waals surface area contributed by atoms with Crippen LogP contribution in [0.4, 0.5) is 0 Å². The third kappa shape index (κ3) is 3.55. The molecule has 0 atom stereocenters. The summed E-state index contributed by atoms with van der Waals surface area (Å²) in [7, 11) is 0. The number of imidazole rings is 1. The minimum absolute atomic E-state index is 0.0493. The van der Waals surface area contributed by atoms with Crippen LogP contribution in [0.1, 0.15) is 18.3 Å². The van der Waals surface area contributed by atoms with Crippen molar-refractivity contribution in [3.8, 4) is 0 Å². The summed E-state index contributed by atoms with van der Waals surface area (Å²) in [6.07, 6.45) is 0.635. The van der Waals surface area contributed by atoms with E-state index in [1.165, 1.54) is 6.92 Å². The first kappa shape index (κ1) is 16.8. The van der Waals surface area contributed by atoms with E-state index >= 15 is 0 Å². The van der Waals surface area contributed by atoms with Gasteiger partial charge in [0.2, 0.25) is 5.91 Å². The van der Waals surface area contributed by atoms with Crippen LogP contribution in [-0.4, -0.2) is 22.0 Å². The van der Waals surface area contributed by atoms with Crippen molar-refractivity contribution in [1.29, 1.82) is 0 Å². The van der Waals surface area contributed by atoms with Crippen molar-refractivity contribution in [3.63, 3.8) is 0 Å². The van der Waals surface area contributed by atoms with Gasteiger partial charge in [-0.15, -0.1) is 0 Å². The van der Waals surface area contributed by atoms with E-state index in [-0.39, 0.29) is 5.91 Å². The van der Waals surface area contributed by atoms with Crippen molar-refractivity contribution < 1.29 is 4.79 Å². The highest BCUT2D eigenvalue weighted by Crippen LogP contribution is 2.27. The maximum atomic E-state index is 11.1. The Labute approximate surface area is 150 Å².